The van der Waals surface area contributed by atoms with Gasteiger partial charge in [-0.3, -0.25) is 9.78 Å². The molecule has 2 rings (SSSR count). The molecule has 1 atom stereocenters. The largest absolute Gasteiger partial charge is 0.449 e. The third kappa shape index (κ3) is 3.91. The summed E-state index contributed by atoms with van der Waals surface area (Å²) < 4.78 is 5.27. The molecule has 1 N–H and O–H groups in total. The fourth-order valence-corrected chi connectivity index (χ4v) is 1.93. The Morgan fingerprint density at radius 2 is 2.00 bits per heavy atom. The predicted octanol–water partition coefficient (Wildman–Crippen LogP) is 2.96. The number of amides is 1. The van der Waals surface area contributed by atoms with E-state index in [9.17, 15) is 9.59 Å². The number of esters is 1. The van der Waals surface area contributed by atoms with Crippen LogP contribution in [0, 0.1) is 6.92 Å². The molecule has 114 valence electrons. The number of para-hydroxylation sites is 1. The number of nitrogens with zero attached hydrogens (tertiary/aromatic N) is 1. The highest BCUT2D eigenvalue weighted by molar-refractivity contribution is 5.97. The van der Waals surface area contributed by atoms with Crippen LogP contribution in [0.25, 0.3) is 0 Å². The minimum atomic E-state index is -0.840. The van der Waals surface area contributed by atoms with Crippen LogP contribution in [0.4, 0.5) is 5.69 Å². The number of carbonyl (C=O) groups is 2. The van der Waals surface area contributed by atoms with Gasteiger partial charge in [-0.25, -0.2) is 4.79 Å². The van der Waals surface area contributed by atoms with Crippen LogP contribution < -0.4 is 5.32 Å². The lowest BCUT2D eigenvalue weighted by molar-refractivity contribution is -0.124. The fourth-order valence-electron chi connectivity index (χ4n) is 1.93. The Morgan fingerprint density at radius 3 is 2.64 bits per heavy atom. The number of hydrogen-bond donors (Lipinski definition) is 1. The zero-order chi connectivity index (χ0) is 15.9. The van der Waals surface area contributed by atoms with Gasteiger partial charge in [0.25, 0.3) is 5.91 Å². The van der Waals surface area contributed by atoms with Crippen molar-refractivity contribution in [2.45, 2.75) is 26.4 Å². The first-order valence-corrected chi connectivity index (χ1v) is 7.09. The van der Waals surface area contributed by atoms with Crippen molar-refractivity contribution in [1.82, 2.24) is 4.98 Å². The number of aryl methyl sites for hydroxylation is 1. The summed E-state index contributed by atoms with van der Waals surface area (Å²) in [6, 6.07) is 10.7. The van der Waals surface area contributed by atoms with Gasteiger partial charge in [0.1, 0.15) is 0 Å². The van der Waals surface area contributed by atoms with Gasteiger partial charge in [-0.1, -0.05) is 25.1 Å². The van der Waals surface area contributed by atoms with E-state index in [1.807, 2.05) is 31.2 Å². The lowest BCUT2D eigenvalue weighted by Gasteiger charge is -2.16. The molecule has 1 heterocycles. The third-order valence-electron chi connectivity index (χ3n) is 3.21. The molecule has 0 saturated carbocycles. The van der Waals surface area contributed by atoms with E-state index in [1.165, 1.54) is 6.20 Å². The maximum Gasteiger partial charge on any atom is 0.340 e. The summed E-state index contributed by atoms with van der Waals surface area (Å²) >= 11 is 0. The molecular weight excluding hydrogens is 280 g/mol. The van der Waals surface area contributed by atoms with Gasteiger partial charge in [0.15, 0.2) is 6.10 Å². The number of pyridine rings is 1. The zero-order valence-corrected chi connectivity index (χ0v) is 12.6. The van der Waals surface area contributed by atoms with Gasteiger partial charge in [0.2, 0.25) is 0 Å². The maximum atomic E-state index is 12.3. The highest BCUT2D eigenvalue weighted by atomic mass is 16.5. The van der Waals surface area contributed by atoms with Crippen molar-refractivity contribution in [3.05, 3.63) is 59.9 Å². The Balaban J connectivity index is 2.03. The molecule has 0 aliphatic heterocycles. The topological polar surface area (TPSA) is 68.3 Å². The molecule has 0 radical (unpaired) electrons. The number of anilines is 1. The number of benzene rings is 1. The van der Waals surface area contributed by atoms with Crippen LogP contribution >= 0.6 is 0 Å². The standard InChI is InChI=1S/C17H18N2O3/c1-3-15(22-17(21)13-8-6-10-18-11-13)16(20)19-14-9-5-4-7-12(14)2/h4-11,15H,3H2,1-2H3,(H,19,20). The molecule has 5 heteroatoms. The van der Waals surface area contributed by atoms with Gasteiger partial charge < -0.3 is 10.1 Å². The first-order valence-electron chi connectivity index (χ1n) is 7.09. The summed E-state index contributed by atoms with van der Waals surface area (Å²) in [6.45, 7) is 3.69. The van der Waals surface area contributed by atoms with Gasteiger partial charge in [-0.2, -0.15) is 0 Å². The lowest BCUT2D eigenvalue weighted by atomic mass is 10.2. The Morgan fingerprint density at radius 1 is 1.23 bits per heavy atom. The van der Waals surface area contributed by atoms with Crippen LogP contribution in [0.2, 0.25) is 0 Å². The van der Waals surface area contributed by atoms with Crippen molar-refractivity contribution < 1.29 is 14.3 Å². The Labute approximate surface area is 129 Å². The average molecular weight is 298 g/mol. The second-order valence-electron chi connectivity index (χ2n) is 4.85. The van der Waals surface area contributed by atoms with Crippen LogP contribution in [0.1, 0.15) is 29.3 Å². The van der Waals surface area contributed by atoms with E-state index in [2.05, 4.69) is 10.3 Å². The zero-order valence-electron chi connectivity index (χ0n) is 12.6. The summed E-state index contributed by atoms with van der Waals surface area (Å²) in [6.07, 6.45) is 2.53. The van der Waals surface area contributed by atoms with Crippen LogP contribution in [0.5, 0.6) is 0 Å². The molecule has 0 bridgehead atoms. The molecule has 0 aliphatic rings. The van der Waals surface area contributed by atoms with E-state index in [1.54, 1.807) is 25.3 Å². The molecular formula is C17H18N2O3. The number of carbonyl (C=O) groups excluding carboxylic acids is 2. The second-order valence-corrected chi connectivity index (χ2v) is 4.85. The number of aromatic nitrogens is 1. The number of hydrogen-bond acceptors (Lipinski definition) is 4. The van der Waals surface area contributed by atoms with E-state index in [-0.39, 0.29) is 5.91 Å². The Hall–Kier alpha value is -2.69. The normalized spacial score (nSPS) is 11.5. The highest BCUT2D eigenvalue weighted by Gasteiger charge is 2.22. The van der Waals surface area contributed by atoms with Gasteiger partial charge in [-0.05, 0) is 37.1 Å². The third-order valence-corrected chi connectivity index (χ3v) is 3.21. The molecule has 1 unspecified atom stereocenters. The summed E-state index contributed by atoms with van der Waals surface area (Å²) in [4.78, 5) is 28.1. The van der Waals surface area contributed by atoms with Crippen molar-refractivity contribution in [2.75, 3.05) is 5.32 Å². The van der Waals surface area contributed by atoms with E-state index < -0.39 is 12.1 Å². The van der Waals surface area contributed by atoms with Crippen molar-refractivity contribution in [2.24, 2.45) is 0 Å². The monoisotopic (exact) mass is 298 g/mol. The number of rotatable bonds is 5. The molecule has 1 aromatic heterocycles. The molecule has 0 saturated heterocycles. The van der Waals surface area contributed by atoms with Gasteiger partial charge >= 0.3 is 5.97 Å². The molecule has 22 heavy (non-hydrogen) atoms. The molecule has 1 amide bonds. The fraction of sp³-hybridized carbons (Fsp3) is 0.235. The van der Waals surface area contributed by atoms with Crippen LogP contribution in [-0.2, 0) is 9.53 Å². The minimum Gasteiger partial charge on any atom is -0.449 e. The van der Waals surface area contributed by atoms with Crippen LogP contribution in [0.15, 0.2) is 48.8 Å². The van der Waals surface area contributed by atoms with Crippen molar-refractivity contribution >= 4 is 17.6 Å². The van der Waals surface area contributed by atoms with Crippen molar-refractivity contribution in [1.29, 1.82) is 0 Å². The molecule has 1 aromatic carbocycles. The number of nitrogens with one attached hydrogen (secondary N) is 1. The molecule has 2 aromatic rings. The lowest BCUT2D eigenvalue weighted by Crippen LogP contribution is -2.32. The summed E-state index contributed by atoms with van der Waals surface area (Å²) in [7, 11) is 0. The van der Waals surface area contributed by atoms with Gasteiger partial charge in [-0.15, -0.1) is 0 Å². The van der Waals surface area contributed by atoms with Gasteiger partial charge in [0, 0.05) is 18.1 Å². The van der Waals surface area contributed by atoms with E-state index >= 15 is 0 Å². The molecule has 0 spiro atoms. The summed E-state index contributed by atoms with van der Waals surface area (Å²) in [5.41, 5.74) is 1.98. The maximum absolute atomic E-state index is 12.3. The van der Waals surface area contributed by atoms with Crippen LogP contribution in [-0.4, -0.2) is 23.0 Å². The molecule has 0 aliphatic carbocycles. The minimum absolute atomic E-state index is 0.324. The van der Waals surface area contributed by atoms with Crippen molar-refractivity contribution in [3.63, 3.8) is 0 Å². The highest BCUT2D eigenvalue weighted by Crippen LogP contribution is 2.15. The SMILES string of the molecule is CCC(OC(=O)c1cccnc1)C(=O)Nc1ccccc1C. The first-order chi connectivity index (χ1) is 10.6. The first kappa shape index (κ1) is 15.7. The Bertz CT molecular complexity index is 656. The quantitative estimate of drug-likeness (QED) is 0.862. The molecule has 0 fully saturated rings. The van der Waals surface area contributed by atoms with Gasteiger partial charge in [0.05, 0.1) is 5.56 Å². The van der Waals surface area contributed by atoms with Crippen LogP contribution in [0.3, 0.4) is 0 Å². The second kappa shape index (κ2) is 7.36. The molecule has 5 nitrogen and oxygen atoms in total. The Kier molecular flexibility index (Phi) is 5.25. The summed E-state index contributed by atoms with van der Waals surface area (Å²) in [5.74, 6) is -0.895. The smallest absolute Gasteiger partial charge is 0.340 e. The predicted molar refractivity (Wildman–Crippen MR) is 83.5 cm³/mol. The van der Waals surface area contributed by atoms with E-state index in [0.29, 0.717) is 17.7 Å². The average Bonchev–Trinajstić information content (AvgIpc) is 2.55. The summed E-state index contributed by atoms with van der Waals surface area (Å²) in [5, 5.41) is 2.79. The van der Waals surface area contributed by atoms with E-state index in [0.717, 1.165) is 5.56 Å². The van der Waals surface area contributed by atoms with E-state index in [4.69, 9.17) is 4.74 Å². The number of ether oxygens (including phenoxy) is 1. The van der Waals surface area contributed by atoms with Crippen molar-refractivity contribution in [3.8, 4) is 0 Å².